The van der Waals surface area contributed by atoms with Gasteiger partial charge in [-0.2, -0.15) is 18.3 Å². The lowest BCUT2D eigenvalue weighted by molar-refractivity contribution is -0.145. The summed E-state index contributed by atoms with van der Waals surface area (Å²) in [6.07, 6.45) is -5.21. The summed E-state index contributed by atoms with van der Waals surface area (Å²) in [6.45, 7) is 0. The Morgan fingerprint density at radius 1 is 1.34 bits per heavy atom. The van der Waals surface area contributed by atoms with Gasteiger partial charge in [-0.05, 0) is 24.8 Å². The minimum absolute atomic E-state index is 0.0900. The van der Waals surface area contributed by atoms with E-state index in [9.17, 15) is 36.6 Å². The minimum Gasteiger partial charge on any atom is -0.369 e. The molecule has 0 aromatic carbocycles. The normalized spacial score (nSPS) is 18.8. The molecule has 2 amide bonds. The second-order valence-corrected chi connectivity index (χ2v) is 7.80. The number of fused-ring (bicyclic) bond motifs is 1. The summed E-state index contributed by atoms with van der Waals surface area (Å²) in [5.41, 5.74) is 0.716. The fraction of sp³-hybridized carbons (Fsp3) is 0.579. The molecule has 0 saturated heterocycles. The number of aromatic nitrogens is 3. The molecule has 2 aromatic heterocycles. The van der Waals surface area contributed by atoms with Crippen LogP contribution in [0, 0.1) is 5.92 Å². The number of aliphatic hydroxyl groups is 1. The Bertz CT molecular complexity index is 954. The number of rotatable bonds is 8. The molecule has 2 atom stereocenters. The molecule has 32 heavy (non-hydrogen) atoms. The van der Waals surface area contributed by atoms with Crippen LogP contribution >= 0.6 is 0 Å². The van der Waals surface area contributed by atoms with Crippen LogP contribution in [0.3, 0.4) is 0 Å². The Morgan fingerprint density at radius 3 is 2.66 bits per heavy atom. The van der Waals surface area contributed by atoms with Gasteiger partial charge in [0.1, 0.15) is 0 Å². The quantitative estimate of drug-likeness (QED) is 0.317. The van der Waals surface area contributed by atoms with E-state index < -0.39 is 43.1 Å². The van der Waals surface area contributed by atoms with Gasteiger partial charge in [-0.1, -0.05) is 0 Å². The number of imidazole rings is 1. The van der Waals surface area contributed by atoms with E-state index in [1.807, 2.05) is 0 Å². The summed E-state index contributed by atoms with van der Waals surface area (Å²) >= 11 is 0. The second kappa shape index (κ2) is 9.35. The number of hydrogen-bond acceptors (Lipinski definition) is 5. The summed E-state index contributed by atoms with van der Waals surface area (Å²) < 4.78 is 65.0. The highest BCUT2D eigenvalue weighted by Gasteiger charge is 2.38. The van der Waals surface area contributed by atoms with Crippen LogP contribution in [0.15, 0.2) is 18.5 Å². The Hall–Kier alpha value is -2.83. The zero-order chi connectivity index (χ0) is 23.5. The van der Waals surface area contributed by atoms with Crippen LogP contribution in [0.4, 0.5) is 22.0 Å². The van der Waals surface area contributed by atoms with Crippen LogP contribution in [-0.2, 0) is 9.59 Å². The highest BCUT2D eigenvalue weighted by molar-refractivity contribution is 5.76. The van der Waals surface area contributed by atoms with Gasteiger partial charge in [0.15, 0.2) is 11.9 Å². The Balaban J connectivity index is 1.73. The summed E-state index contributed by atoms with van der Waals surface area (Å²) in [7, 11) is 0. The molecule has 1 fully saturated rings. The standard InChI is InChI=1S/C19H22F5N5O3/c20-18(21)4-1-11(2-5-18)16(25-10-30)13-9-29-14(27-13)7-12(8-26-29)17(32)28-15(31)3-6-19(22,23)24/h7-11,16-17,32H,1-6H2,(H,25,30)(H,28,31)/t16?,17-/m1/s1. The molecule has 3 N–H and O–H groups in total. The number of alkyl halides is 5. The predicted molar refractivity (Wildman–Crippen MR) is 100 cm³/mol. The zero-order valence-corrected chi connectivity index (χ0v) is 16.8. The molecule has 1 aliphatic carbocycles. The highest BCUT2D eigenvalue weighted by Crippen LogP contribution is 2.41. The van der Waals surface area contributed by atoms with Crippen molar-refractivity contribution in [2.24, 2.45) is 5.92 Å². The molecule has 0 radical (unpaired) electrons. The van der Waals surface area contributed by atoms with Crippen LogP contribution in [-0.4, -0.2) is 44.1 Å². The van der Waals surface area contributed by atoms with E-state index in [4.69, 9.17) is 0 Å². The number of amides is 2. The summed E-state index contributed by atoms with van der Waals surface area (Å²) in [6, 6.07) is 0.763. The number of nitrogens with zero attached hydrogens (tertiary/aromatic N) is 3. The van der Waals surface area contributed by atoms with Crippen molar-refractivity contribution in [3.8, 4) is 0 Å². The maximum atomic E-state index is 13.5. The molecule has 1 aliphatic rings. The van der Waals surface area contributed by atoms with E-state index >= 15 is 0 Å². The predicted octanol–water partition coefficient (Wildman–Crippen LogP) is 2.79. The SMILES string of the molecule is O=CNC(c1cn2ncc([C@@H](O)NC(=O)CCC(F)(F)F)cc2n1)C1CCC(F)(F)CC1. The van der Waals surface area contributed by atoms with E-state index in [1.165, 1.54) is 23.0 Å². The first-order valence-electron chi connectivity index (χ1n) is 9.94. The summed E-state index contributed by atoms with van der Waals surface area (Å²) in [4.78, 5) is 27.1. The largest absolute Gasteiger partial charge is 0.389 e. The number of aliphatic hydroxyl groups excluding tert-OH is 1. The van der Waals surface area contributed by atoms with E-state index in [-0.39, 0.29) is 42.8 Å². The first kappa shape index (κ1) is 23.8. The van der Waals surface area contributed by atoms with E-state index in [0.29, 0.717) is 12.1 Å². The lowest BCUT2D eigenvalue weighted by Gasteiger charge is -2.32. The van der Waals surface area contributed by atoms with Gasteiger partial charge < -0.3 is 15.7 Å². The van der Waals surface area contributed by atoms with Gasteiger partial charge in [-0.25, -0.2) is 18.3 Å². The van der Waals surface area contributed by atoms with Gasteiger partial charge in [0.05, 0.1) is 30.6 Å². The van der Waals surface area contributed by atoms with Gasteiger partial charge in [0.25, 0.3) is 0 Å². The minimum atomic E-state index is -4.49. The van der Waals surface area contributed by atoms with Crippen LogP contribution in [0.1, 0.15) is 62.1 Å². The molecule has 0 aliphatic heterocycles. The molecular weight excluding hydrogens is 441 g/mol. The van der Waals surface area contributed by atoms with Crippen molar-refractivity contribution in [1.82, 2.24) is 25.2 Å². The third-order valence-electron chi connectivity index (χ3n) is 5.41. The van der Waals surface area contributed by atoms with Gasteiger partial charge >= 0.3 is 6.18 Å². The molecule has 8 nitrogen and oxygen atoms in total. The van der Waals surface area contributed by atoms with Crippen molar-refractivity contribution in [3.63, 3.8) is 0 Å². The van der Waals surface area contributed by atoms with Gasteiger partial charge in [0.2, 0.25) is 18.2 Å². The van der Waals surface area contributed by atoms with E-state index in [0.717, 1.165) is 0 Å². The Labute approximate surface area is 179 Å². The average Bonchev–Trinajstić information content (AvgIpc) is 3.13. The molecule has 13 heteroatoms. The fourth-order valence-electron chi connectivity index (χ4n) is 3.70. The lowest BCUT2D eigenvalue weighted by Crippen LogP contribution is -2.33. The molecule has 0 bridgehead atoms. The molecule has 3 rings (SSSR count). The average molecular weight is 463 g/mol. The van der Waals surface area contributed by atoms with E-state index in [2.05, 4.69) is 20.7 Å². The number of carbonyl (C=O) groups excluding carboxylic acids is 2. The van der Waals surface area contributed by atoms with Crippen LogP contribution < -0.4 is 10.6 Å². The summed E-state index contributed by atoms with van der Waals surface area (Å²) in [5, 5.41) is 18.8. The van der Waals surface area contributed by atoms with Crippen molar-refractivity contribution in [1.29, 1.82) is 0 Å². The Morgan fingerprint density at radius 2 is 2.03 bits per heavy atom. The number of hydrogen-bond donors (Lipinski definition) is 3. The second-order valence-electron chi connectivity index (χ2n) is 7.80. The third kappa shape index (κ3) is 6.11. The fourth-order valence-corrected chi connectivity index (χ4v) is 3.70. The first-order valence-corrected chi connectivity index (χ1v) is 9.94. The van der Waals surface area contributed by atoms with Gasteiger partial charge in [-0.15, -0.1) is 0 Å². The van der Waals surface area contributed by atoms with Gasteiger partial charge in [0, 0.05) is 24.8 Å². The monoisotopic (exact) mass is 463 g/mol. The van der Waals surface area contributed by atoms with Gasteiger partial charge in [-0.3, -0.25) is 9.59 Å². The smallest absolute Gasteiger partial charge is 0.369 e. The highest BCUT2D eigenvalue weighted by atomic mass is 19.4. The van der Waals surface area contributed by atoms with Crippen molar-refractivity contribution >= 4 is 18.0 Å². The molecule has 2 heterocycles. The Kier molecular flexibility index (Phi) is 6.96. The summed E-state index contributed by atoms with van der Waals surface area (Å²) in [5.74, 6) is -3.95. The number of nitrogens with one attached hydrogen (secondary N) is 2. The van der Waals surface area contributed by atoms with Crippen molar-refractivity contribution in [2.75, 3.05) is 0 Å². The maximum absolute atomic E-state index is 13.5. The van der Waals surface area contributed by atoms with Crippen molar-refractivity contribution < 1.29 is 36.6 Å². The zero-order valence-electron chi connectivity index (χ0n) is 16.8. The van der Waals surface area contributed by atoms with Crippen LogP contribution in [0.2, 0.25) is 0 Å². The maximum Gasteiger partial charge on any atom is 0.389 e. The van der Waals surface area contributed by atoms with Crippen LogP contribution in [0.25, 0.3) is 5.65 Å². The first-order chi connectivity index (χ1) is 15.0. The number of halogens is 5. The molecule has 1 saturated carbocycles. The molecule has 176 valence electrons. The number of carbonyl (C=O) groups is 2. The topological polar surface area (TPSA) is 109 Å². The van der Waals surface area contributed by atoms with Crippen molar-refractivity contribution in [3.05, 3.63) is 29.7 Å². The molecule has 0 spiro atoms. The molecular formula is C19H22F5N5O3. The molecule has 1 unspecified atom stereocenters. The van der Waals surface area contributed by atoms with E-state index in [1.54, 1.807) is 0 Å². The molecule has 2 aromatic rings. The van der Waals surface area contributed by atoms with Crippen molar-refractivity contribution in [2.45, 2.75) is 62.9 Å². The third-order valence-corrected chi connectivity index (χ3v) is 5.41. The van der Waals surface area contributed by atoms with Crippen LogP contribution in [0.5, 0.6) is 0 Å². The lowest BCUT2D eigenvalue weighted by atomic mass is 9.81.